The molecule has 0 atom stereocenters. The number of hydrogen-bond donors (Lipinski definition) is 1. The second-order valence-corrected chi connectivity index (χ2v) is 2.01. The van der Waals surface area contributed by atoms with E-state index in [9.17, 15) is 22.0 Å². The largest absolute Gasteiger partial charge is 0.461 e. The van der Waals surface area contributed by atoms with Crippen LogP contribution in [0.15, 0.2) is 12.4 Å². The molecule has 1 aromatic rings. The molecule has 1 rings (SSSR count). The zero-order chi connectivity index (χ0) is 9.41. The van der Waals surface area contributed by atoms with Crippen molar-refractivity contribution in [2.75, 3.05) is 0 Å². The van der Waals surface area contributed by atoms with E-state index < -0.39 is 17.9 Å². The summed E-state index contributed by atoms with van der Waals surface area (Å²) in [6.45, 7) is 0. The number of aromatic nitrogens is 2. The quantitative estimate of drug-likeness (QED) is 0.668. The van der Waals surface area contributed by atoms with Crippen LogP contribution in [-0.4, -0.2) is 16.1 Å². The van der Waals surface area contributed by atoms with Gasteiger partial charge >= 0.3 is 12.1 Å². The van der Waals surface area contributed by atoms with Crippen LogP contribution in [0, 0.1) is 0 Å². The van der Waals surface area contributed by atoms with E-state index in [1.807, 2.05) is 0 Å². The first-order valence-electron chi connectivity index (χ1n) is 2.80. The van der Waals surface area contributed by atoms with Crippen molar-refractivity contribution in [3.63, 3.8) is 0 Å². The molecule has 1 N–H and O–H groups in total. The van der Waals surface area contributed by atoms with Crippen LogP contribution >= 0.6 is 0 Å². The van der Waals surface area contributed by atoms with Crippen molar-refractivity contribution >= 4 is 0 Å². The first-order chi connectivity index (χ1) is 5.36. The minimum atomic E-state index is -5.61. The Hall–Kier alpha value is -1.14. The molecule has 0 aromatic carbocycles. The highest BCUT2D eigenvalue weighted by Crippen LogP contribution is 2.41. The van der Waals surface area contributed by atoms with E-state index in [0.717, 1.165) is 12.4 Å². The minimum Gasteiger partial charge on any atom is -0.343 e. The summed E-state index contributed by atoms with van der Waals surface area (Å²) in [6, 6.07) is 0. The van der Waals surface area contributed by atoms with E-state index in [-0.39, 0.29) is 0 Å². The van der Waals surface area contributed by atoms with Crippen molar-refractivity contribution in [2.45, 2.75) is 12.1 Å². The van der Waals surface area contributed by atoms with Crippen LogP contribution in [0.5, 0.6) is 0 Å². The molecule has 7 heteroatoms. The first-order valence-corrected chi connectivity index (χ1v) is 2.80. The number of halogens is 5. The Morgan fingerprint density at radius 3 is 2.08 bits per heavy atom. The van der Waals surface area contributed by atoms with E-state index in [1.165, 1.54) is 0 Å². The summed E-state index contributed by atoms with van der Waals surface area (Å²) in [5, 5.41) is 0. The second kappa shape index (κ2) is 2.43. The summed E-state index contributed by atoms with van der Waals surface area (Å²) in [6.07, 6.45) is -3.88. The van der Waals surface area contributed by atoms with Gasteiger partial charge in [-0.2, -0.15) is 22.0 Å². The molecule has 0 spiro atoms. The normalized spacial score (nSPS) is 13.4. The van der Waals surface area contributed by atoms with Gasteiger partial charge in [-0.15, -0.1) is 0 Å². The van der Waals surface area contributed by atoms with Crippen molar-refractivity contribution in [3.8, 4) is 0 Å². The highest BCUT2D eigenvalue weighted by atomic mass is 19.4. The van der Waals surface area contributed by atoms with Gasteiger partial charge in [0.2, 0.25) is 0 Å². The number of hydrogen-bond acceptors (Lipinski definition) is 1. The zero-order valence-corrected chi connectivity index (χ0v) is 5.49. The highest BCUT2D eigenvalue weighted by molar-refractivity contribution is 5.00. The van der Waals surface area contributed by atoms with Crippen molar-refractivity contribution in [1.29, 1.82) is 0 Å². The summed E-state index contributed by atoms with van der Waals surface area (Å²) in [7, 11) is 0. The maximum absolute atomic E-state index is 12.3. The Morgan fingerprint density at radius 2 is 1.75 bits per heavy atom. The lowest BCUT2D eigenvalue weighted by atomic mass is 10.3. The van der Waals surface area contributed by atoms with Gasteiger partial charge in [0.15, 0.2) is 5.82 Å². The average Bonchev–Trinajstić information content (AvgIpc) is 2.34. The van der Waals surface area contributed by atoms with E-state index in [4.69, 9.17) is 0 Å². The van der Waals surface area contributed by atoms with Gasteiger partial charge in [-0.3, -0.25) is 0 Å². The van der Waals surface area contributed by atoms with Crippen molar-refractivity contribution < 1.29 is 22.0 Å². The van der Waals surface area contributed by atoms with E-state index in [2.05, 4.69) is 4.98 Å². The summed E-state index contributed by atoms with van der Waals surface area (Å²) >= 11 is 0. The summed E-state index contributed by atoms with van der Waals surface area (Å²) in [4.78, 5) is 4.53. The fourth-order valence-electron chi connectivity index (χ4n) is 0.571. The molecule has 2 nitrogen and oxygen atoms in total. The number of imidazole rings is 1. The lowest BCUT2D eigenvalue weighted by Gasteiger charge is -2.16. The van der Waals surface area contributed by atoms with Crippen LogP contribution in [0.3, 0.4) is 0 Å². The third-order valence-electron chi connectivity index (χ3n) is 1.15. The SMILES string of the molecule is FC(F)(F)C(F)(F)c1ncc[nH]1. The van der Waals surface area contributed by atoms with Crippen LogP contribution in [0.25, 0.3) is 0 Å². The molecule has 0 saturated carbocycles. The number of alkyl halides is 5. The summed E-state index contributed by atoms with van der Waals surface area (Å²) in [5.41, 5.74) is 0. The van der Waals surface area contributed by atoms with Crippen molar-refractivity contribution in [3.05, 3.63) is 18.2 Å². The minimum absolute atomic E-state index is 0.828. The molecule has 1 heterocycles. The van der Waals surface area contributed by atoms with Gasteiger partial charge in [-0.25, -0.2) is 4.98 Å². The zero-order valence-electron chi connectivity index (χ0n) is 5.49. The topological polar surface area (TPSA) is 28.7 Å². The molecule has 0 unspecified atom stereocenters. The van der Waals surface area contributed by atoms with Crippen LogP contribution in [0.1, 0.15) is 5.82 Å². The summed E-state index contributed by atoms with van der Waals surface area (Å²) < 4.78 is 59.3. The monoisotopic (exact) mass is 186 g/mol. The molecule has 0 bridgehead atoms. The lowest BCUT2D eigenvalue weighted by Crippen LogP contribution is -2.34. The molecule has 0 aliphatic heterocycles. The van der Waals surface area contributed by atoms with Crippen LogP contribution < -0.4 is 0 Å². The number of rotatable bonds is 1. The maximum Gasteiger partial charge on any atom is 0.461 e. The number of nitrogens with one attached hydrogen (secondary N) is 1. The van der Waals surface area contributed by atoms with Gasteiger partial charge in [0.1, 0.15) is 0 Å². The molecule has 0 amide bonds. The Morgan fingerprint density at radius 1 is 1.17 bits per heavy atom. The third-order valence-corrected chi connectivity index (χ3v) is 1.15. The van der Waals surface area contributed by atoms with Gasteiger partial charge in [0.05, 0.1) is 0 Å². The van der Waals surface area contributed by atoms with E-state index >= 15 is 0 Å². The third kappa shape index (κ3) is 1.26. The molecule has 68 valence electrons. The molecule has 0 aliphatic rings. The molecule has 0 saturated heterocycles. The number of aromatic amines is 1. The maximum atomic E-state index is 12.3. The smallest absolute Gasteiger partial charge is 0.343 e. The highest BCUT2D eigenvalue weighted by Gasteiger charge is 2.60. The van der Waals surface area contributed by atoms with Gasteiger partial charge in [0.25, 0.3) is 0 Å². The molecular weight excluding hydrogens is 183 g/mol. The van der Waals surface area contributed by atoms with Gasteiger partial charge < -0.3 is 4.98 Å². The molecular formula is C5H3F5N2. The lowest BCUT2D eigenvalue weighted by molar-refractivity contribution is -0.292. The molecule has 0 radical (unpaired) electrons. The van der Waals surface area contributed by atoms with Gasteiger partial charge in [0, 0.05) is 12.4 Å². The Kier molecular flexibility index (Phi) is 1.81. The Labute approximate surface area is 63.4 Å². The fourth-order valence-corrected chi connectivity index (χ4v) is 0.571. The Balaban J connectivity index is 3.02. The predicted molar refractivity (Wildman–Crippen MR) is 28.5 cm³/mol. The van der Waals surface area contributed by atoms with Crippen molar-refractivity contribution in [1.82, 2.24) is 9.97 Å². The predicted octanol–water partition coefficient (Wildman–Crippen LogP) is 2.06. The number of nitrogens with zero attached hydrogens (tertiary/aromatic N) is 1. The Bertz CT molecular complexity index is 249. The molecule has 0 aliphatic carbocycles. The van der Waals surface area contributed by atoms with E-state index in [0.29, 0.717) is 0 Å². The standard InChI is InChI=1S/C5H3F5N2/c6-4(7,5(8,9)10)3-11-1-2-12-3/h1-2H,(H,11,12). The first kappa shape index (κ1) is 8.95. The average molecular weight is 186 g/mol. The number of H-pyrrole nitrogens is 1. The van der Waals surface area contributed by atoms with Crippen LogP contribution in [-0.2, 0) is 5.92 Å². The van der Waals surface area contributed by atoms with Crippen LogP contribution in [0.2, 0.25) is 0 Å². The molecule has 12 heavy (non-hydrogen) atoms. The van der Waals surface area contributed by atoms with Gasteiger partial charge in [-0.05, 0) is 0 Å². The van der Waals surface area contributed by atoms with Gasteiger partial charge in [-0.1, -0.05) is 0 Å². The molecule has 1 aromatic heterocycles. The van der Waals surface area contributed by atoms with Crippen LogP contribution in [0.4, 0.5) is 22.0 Å². The molecule has 0 fully saturated rings. The second-order valence-electron chi connectivity index (χ2n) is 2.01. The van der Waals surface area contributed by atoms with E-state index in [1.54, 1.807) is 4.98 Å². The van der Waals surface area contributed by atoms with Crippen molar-refractivity contribution in [2.24, 2.45) is 0 Å². The summed E-state index contributed by atoms with van der Waals surface area (Å²) in [5.74, 6) is -6.30. The fraction of sp³-hybridized carbons (Fsp3) is 0.400.